The maximum Gasteiger partial charge on any atom is 0.193 e. The van der Waals surface area contributed by atoms with Gasteiger partial charge in [-0.05, 0) is 64.0 Å². The number of halogens is 1. The van der Waals surface area contributed by atoms with Gasteiger partial charge in [0.15, 0.2) is 5.96 Å². The minimum absolute atomic E-state index is 0. The Balaban J connectivity index is 0.00000312. The lowest BCUT2D eigenvalue weighted by molar-refractivity contribution is 0.175. The monoisotopic (exact) mass is 466 g/mol. The van der Waals surface area contributed by atoms with Gasteiger partial charge in [-0.25, -0.2) is 0 Å². The molecule has 0 aliphatic carbocycles. The van der Waals surface area contributed by atoms with Crippen molar-refractivity contribution in [3.63, 3.8) is 0 Å². The molecule has 0 spiro atoms. The first-order chi connectivity index (χ1) is 11.7. The van der Waals surface area contributed by atoms with E-state index in [0.29, 0.717) is 6.04 Å². The van der Waals surface area contributed by atoms with E-state index in [9.17, 15) is 5.11 Å². The number of nitrogens with one attached hydrogen (secondary N) is 1. The van der Waals surface area contributed by atoms with Gasteiger partial charge in [-0.3, -0.25) is 9.89 Å². The van der Waals surface area contributed by atoms with Crippen molar-refractivity contribution in [3.05, 3.63) is 0 Å². The van der Waals surface area contributed by atoms with E-state index in [1.54, 1.807) is 0 Å². The molecule has 0 bridgehead atoms. The van der Waals surface area contributed by atoms with Crippen molar-refractivity contribution in [2.45, 2.75) is 65.3 Å². The minimum Gasteiger partial charge on any atom is -0.396 e. The Kier molecular flexibility index (Phi) is 10.6. The van der Waals surface area contributed by atoms with Crippen LogP contribution in [0.1, 0.15) is 59.3 Å². The summed E-state index contributed by atoms with van der Waals surface area (Å²) in [5, 5.41) is 12.9. The fraction of sp³-hybridized carbons (Fsp3) is 0.947. The number of aliphatic hydroxyl groups excluding tert-OH is 1. The van der Waals surface area contributed by atoms with E-state index in [2.05, 4.69) is 35.9 Å². The number of rotatable bonds is 8. The third-order valence-electron chi connectivity index (χ3n) is 6.16. The number of nitrogens with zero attached hydrogens (tertiary/aromatic N) is 3. The summed E-state index contributed by atoms with van der Waals surface area (Å²) in [7, 11) is 0. The Morgan fingerprint density at radius 1 is 1.16 bits per heavy atom. The van der Waals surface area contributed by atoms with E-state index in [1.807, 2.05) is 0 Å². The van der Waals surface area contributed by atoms with Crippen LogP contribution < -0.4 is 5.32 Å². The van der Waals surface area contributed by atoms with E-state index in [4.69, 9.17) is 4.99 Å². The number of hydrogen-bond donors (Lipinski definition) is 2. The quantitative estimate of drug-likeness (QED) is 0.328. The van der Waals surface area contributed by atoms with Gasteiger partial charge >= 0.3 is 0 Å². The van der Waals surface area contributed by atoms with Gasteiger partial charge in [0, 0.05) is 38.8 Å². The first-order valence-electron chi connectivity index (χ1n) is 10.1. The molecule has 2 saturated heterocycles. The average Bonchev–Trinajstić information content (AvgIpc) is 3.28. The summed E-state index contributed by atoms with van der Waals surface area (Å²) in [4.78, 5) is 10.1. The second-order valence-corrected chi connectivity index (χ2v) is 7.48. The van der Waals surface area contributed by atoms with Crippen molar-refractivity contribution >= 4 is 29.9 Å². The van der Waals surface area contributed by atoms with E-state index in [-0.39, 0.29) is 36.0 Å². The topological polar surface area (TPSA) is 51.1 Å². The summed E-state index contributed by atoms with van der Waals surface area (Å²) < 4.78 is 0. The summed E-state index contributed by atoms with van der Waals surface area (Å²) in [5.41, 5.74) is 0.142. The Hall–Kier alpha value is -0.0800. The van der Waals surface area contributed by atoms with Crippen LogP contribution in [0.4, 0.5) is 0 Å². The molecular formula is C19H39IN4O. The number of likely N-dealkylation sites (tertiary alicyclic amines) is 2. The molecule has 25 heavy (non-hydrogen) atoms. The van der Waals surface area contributed by atoms with Crippen LogP contribution in [0.15, 0.2) is 4.99 Å². The van der Waals surface area contributed by atoms with Gasteiger partial charge in [0.25, 0.3) is 0 Å². The van der Waals surface area contributed by atoms with Crippen molar-refractivity contribution in [1.29, 1.82) is 0 Å². The molecule has 5 nitrogen and oxygen atoms in total. The standard InChI is InChI=1S/C19H38N4O.HI/c1-4-19(5-2,10-14-24)16-21-18(20-6-3)23-13-9-17(15-23)22-11-7-8-12-22;/h17,24H,4-16H2,1-3H3,(H,20,21);1H. The van der Waals surface area contributed by atoms with Gasteiger partial charge in [0.1, 0.15) is 0 Å². The Morgan fingerprint density at radius 3 is 2.40 bits per heavy atom. The number of aliphatic hydroxyl groups is 1. The van der Waals surface area contributed by atoms with Crippen LogP contribution >= 0.6 is 24.0 Å². The molecule has 2 aliphatic heterocycles. The normalized spacial score (nSPS) is 22.3. The molecular weight excluding hydrogens is 427 g/mol. The lowest BCUT2D eigenvalue weighted by Gasteiger charge is -2.31. The van der Waals surface area contributed by atoms with E-state index in [1.165, 1.54) is 32.4 Å². The molecule has 1 atom stereocenters. The highest BCUT2D eigenvalue weighted by molar-refractivity contribution is 14.0. The third-order valence-corrected chi connectivity index (χ3v) is 6.16. The van der Waals surface area contributed by atoms with Gasteiger partial charge in [0.2, 0.25) is 0 Å². The number of guanidine groups is 1. The Morgan fingerprint density at radius 2 is 1.84 bits per heavy atom. The zero-order valence-corrected chi connectivity index (χ0v) is 18.8. The molecule has 0 aromatic heterocycles. The fourth-order valence-corrected chi connectivity index (χ4v) is 4.15. The van der Waals surface area contributed by atoms with Crippen molar-refractivity contribution < 1.29 is 5.11 Å². The zero-order chi connectivity index (χ0) is 17.4. The molecule has 0 radical (unpaired) electrons. The highest BCUT2D eigenvalue weighted by Crippen LogP contribution is 2.31. The zero-order valence-electron chi connectivity index (χ0n) is 16.5. The van der Waals surface area contributed by atoms with Gasteiger partial charge in [-0.1, -0.05) is 13.8 Å². The molecule has 2 heterocycles. The van der Waals surface area contributed by atoms with Crippen LogP contribution in [0.2, 0.25) is 0 Å². The first-order valence-corrected chi connectivity index (χ1v) is 10.1. The minimum atomic E-state index is 0. The maximum atomic E-state index is 9.42. The van der Waals surface area contributed by atoms with E-state index >= 15 is 0 Å². The predicted octanol–water partition coefficient (Wildman–Crippen LogP) is 2.93. The highest BCUT2D eigenvalue weighted by Gasteiger charge is 2.31. The summed E-state index contributed by atoms with van der Waals surface area (Å²) >= 11 is 0. The predicted molar refractivity (Wildman–Crippen MR) is 117 cm³/mol. The van der Waals surface area contributed by atoms with Gasteiger partial charge < -0.3 is 15.3 Å². The van der Waals surface area contributed by atoms with Crippen molar-refractivity contribution in [3.8, 4) is 0 Å². The molecule has 0 aromatic carbocycles. The first kappa shape index (κ1) is 23.0. The van der Waals surface area contributed by atoms with Crippen LogP contribution in [0.3, 0.4) is 0 Å². The molecule has 148 valence electrons. The van der Waals surface area contributed by atoms with Gasteiger partial charge in [-0.15, -0.1) is 24.0 Å². The summed E-state index contributed by atoms with van der Waals surface area (Å²) in [6.45, 7) is 13.3. The van der Waals surface area contributed by atoms with Crippen molar-refractivity contribution in [2.24, 2.45) is 10.4 Å². The Bertz CT molecular complexity index is 395. The van der Waals surface area contributed by atoms with E-state index in [0.717, 1.165) is 51.4 Å². The highest BCUT2D eigenvalue weighted by atomic mass is 127. The number of hydrogen-bond acceptors (Lipinski definition) is 3. The average molecular weight is 466 g/mol. The number of aliphatic imine (C=N–C) groups is 1. The maximum absolute atomic E-state index is 9.42. The van der Waals surface area contributed by atoms with Crippen molar-refractivity contribution in [2.75, 3.05) is 45.9 Å². The van der Waals surface area contributed by atoms with Gasteiger partial charge in [-0.2, -0.15) is 0 Å². The molecule has 0 amide bonds. The smallest absolute Gasteiger partial charge is 0.193 e. The van der Waals surface area contributed by atoms with Crippen molar-refractivity contribution in [1.82, 2.24) is 15.1 Å². The molecule has 6 heteroatoms. The molecule has 0 saturated carbocycles. The lowest BCUT2D eigenvalue weighted by Crippen LogP contribution is -2.43. The second-order valence-electron chi connectivity index (χ2n) is 7.48. The third kappa shape index (κ3) is 6.24. The summed E-state index contributed by atoms with van der Waals surface area (Å²) in [5.74, 6) is 1.07. The Labute approximate surface area is 171 Å². The lowest BCUT2D eigenvalue weighted by atomic mass is 9.79. The molecule has 2 aliphatic rings. The van der Waals surface area contributed by atoms with Crippen LogP contribution in [-0.4, -0.2) is 72.8 Å². The molecule has 1 unspecified atom stereocenters. The molecule has 0 aromatic rings. The molecule has 2 fully saturated rings. The van der Waals surface area contributed by atoms with Crippen LogP contribution in [-0.2, 0) is 0 Å². The fourth-order valence-electron chi connectivity index (χ4n) is 4.15. The SMILES string of the molecule is CCNC(=NCC(CC)(CC)CCO)N1CCC(N2CCCC2)C1.I. The summed E-state index contributed by atoms with van der Waals surface area (Å²) in [6.07, 6.45) is 6.97. The van der Waals surface area contributed by atoms with Crippen LogP contribution in [0, 0.1) is 5.41 Å². The largest absolute Gasteiger partial charge is 0.396 e. The molecule has 2 rings (SSSR count). The van der Waals surface area contributed by atoms with Crippen LogP contribution in [0.5, 0.6) is 0 Å². The molecule has 2 N–H and O–H groups in total. The van der Waals surface area contributed by atoms with Crippen LogP contribution in [0.25, 0.3) is 0 Å². The van der Waals surface area contributed by atoms with E-state index < -0.39 is 0 Å². The second kappa shape index (κ2) is 11.6. The summed E-state index contributed by atoms with van der Waals surface area (Å²) in [6, 6.07) is 0.705. The van der Waals surface area contributed by atoms with Gasteiger partial charge in [0.05, 0.1) is 0 Å².